The van der Waals surface area contributed by atoms with Crippen LogP contribution in [0.15, 0.2) is 35.8 Å². The van der Waals surface area contributed by atoms with Gasteiger partial charge in [-0.15, -0.1) is 11.3 Å². The van der Waals surface area contributed by atoms with E-state index in [1.165, 1.54) is 16.3 Å². The van der Waals surface area contributed by atoms with Gasteiger partial charge in [0, 0.05) is 49.9 Å². The van der Waals surface area contributed by atoms with Gasteiger partial charge in [-0.2, -0.15) is 0 Å². The number of rotatable bonds is 6. The molecule has 112 valence electrons. The standard InChI is InChI=1S/C16H21N3OS/c1-3-15(17-6-5-16-18-7-12-21-16)4-2-14(1)13-19-8-10-20-11-9-19/h1-4,7,12,17H,5-6,8-11,13H2. The van der Waals surface area contributed by atoms with E-state index in [1.54, 1.807) is 11.3 Å². The maximum atomic E-state index is 5.38. The molecule has 2 aromatic rings. The first-order valence-electron chi connectivity index (χ1n) is 7.41. The summed E-state index contributed by atoms with van der Waals surface area (Å²) in [6.45, 7) is 5.73. The Morgan fingerprint density at radius 1 is 1.19 bits per heavy atom. The van der Waals surface area contributed by atoms with Crippen LogP contribution in [0.2, 0.25) is 0 Å². The monoisotopic (exact) mass is 303 g/mol. The van der Waals surface area contributed by atoms with Gasteiger partial charge in [0.2, 0.25) is 0 Å². The molecule has 0 amide bonds. The molecule has 0 bridgehead atoms. The van der Waals surface area contributed by atoms with Crippen molar-refractivity contribution in [2.24, 2.45) is 0 Å². The molecule has 1 aromatic carbocycles. The maximum absolute atomic E-state index is 5.38. The van der Waals surface area contributed by atoms with Gasteiger partial charge >= 0.3 is 0 Å². The molecule has 0 unspecified atom stereocenters. The molecule has 0 radical (unpaired) electrons. The lowest BCUT2D eigenvalue weighted by Crippen LogP contribution is -2.35. The van der Waals surface area contributed by atoms with E-state index < -0.39 is 0 Å². The van der Waals surface area contributed by atoms with Crippen molar-refractivity contribution in [3.8, 4) is 0 Å². The molecule has 1 aliphatic heterocycles. The van der Waals surface area contributed by atoms with Gasteiger partial charge in [0.15, 0.2) is 0 Å². The van der Waals surface area contributed by atoms with E-state index >= 15 is 0 Å². The Hall–Kier alpha value is -1.43. The fraction of sp³-hybridized carbons (Fsp3) is 0.438. The van der Waals surface area contributed by atoms with Crippen LogP contribution in [0.25, 0.3) is 0 Å². The first-order valence-corrected chi connectivity index (χ1v) is 8.29. The number of nitrogens with one attached hydrogen (secondary N) is 1. The minimum atomic E-state index is 0.858. The van der Waals surface area contributed by atoms with E-state index in [9.17, 15) is 0 Å². The lowest BCUT2D eigenvalue weighted by molar-refractivity contribution is 0.0342. The van der Waals surface area contributed by atoms with E-state index in [0.29, 0.717) is 0 Å². The number of benzene rings is 1. The van der Waals surface area contributed by atoms with Gasteiger partial charge in [-0.3, -0.25) is 4.90 Å². The highest BCUT2D eigenvalue weighted by Crippen LogP contribution is 2.13. The van der Waals surface area contributed by atoms with E-state index in [-0.39, 0.29) is 0 Å². The number of thiazole rings is 1. The van der Waals surface area contributed by atoms with Crippen molar-refractivity contribution in [2.45, 2.75) is 13.0 Å². The Bertz CT molecular complexity index is 521. The normalized spacial score (nSPS) is 16.0. The van der Waals surface area contributed by atoms with E-state index in [2.05, 4.69) is 39.5 Å². The molecule has 4 nitrogen and oxygen atoms in total. The van der Waals surface area contributed by atoms with Crippen LogP contribution in [0.3, 0.4) is 0 Å². The van der Waals surface area contributed by atoms with Crippen molar-refractivity contribution in [3.63, 3.8) is 0 Å². The van der Waals surface area contributed by atoms with Crippen LogP contribution in [-0.2, 0) is 17.7 Å². The Morgan fingerprint density at radius 3 is 2.71 bits per heavy atom. The van der Waals surface area contributed by atoms with E-state index in [4.69, 9.17) is 4.74 Å². The smallest absolute Gasteiger partial charge is 0.0942 e. The van der Waals surface area contributed by atoms with Crippen LogP contribution in [-0.4, -0.2) is 42.7 Å². The van der Waals surface area contributed by atoms with Crippen molar-refractivity contribution >= 4 is 17.0 Å². The summed E-state index contributed by atoms with van der Waals surface area (Å²) >= 11 is 1.71. The average molecular weight is 303 g/mol. The van der Waals surface area contributed by atoms with Crippen LogP contribution in [0.1, 0.15) is 10.6 Å². The highest BCUT2D eigenvalue weighted by Gasteiger charge is 2.10. The molecular formula is C16H21N3OS. The minimum absolute atomic E-state index is 0.858. The Labute approximate surface area is 129 Å². The first kappa shape index (κ1) is 14.5. The largest absolute Gasteiger partial charge is 0.385 e. The Kier molecular flexibility index (Phi) is 5.21. The molecule has 0 aliphatic carbocycles. The predicted octanol–water partition coefficient (Wildman–Crippen LogP) is 2.63. The van der Waals surface area contributed by atoms with Crippen molar-refractivity contribution < 1.29 is 4.74 Å². The fourth-order valence-electron chi connectivity index (χ4n) is 2.44. The summed E-state index contributed by atoms with van der Waals surface area (Å²) in [4.78, 5) is 6.73. The molecular weight excluding hydrogens is 282 g/mol. The summed E-state index contributed by atoms with van der Waals surface area (Å²) in [6.07, 6.45) is 2.84. The number of nitrogens with zero attached hydrogens (tertiary/aromatic N) is 2. The number of anilines is 1. The number of morpholine rings is 1. The molecule has 1 aromatic heterocycles. The lowest BCUT2D eigenvalue weighted by Gasteiger charge is -2.26. The van der Waals surface area contributed by atoms with Crippen molar-refractivity contribution in [1.82, 2.24) is 9.88 Å². The van der Waals surface area contributed by atoms with E-state index in [0.717, 1.165) is 45.8 Å². The van der Waals surface area contributed by atoms with Gasteiger partial charge in [-0.05, 0) is 17.7 Å². The molecule has 1 aliphatic rings. The summed E-state index contributed by atoms with van der Waals surface area (Å²) in [7, 11) is 0. The lowest BCUT2D eigenvalue weighted by atomic mass is 10.2. The van der Waals surface area contributed by atoms with Gasteiger partial charge in [-0.25, -0.2) is 4.98 Å². The van der Waals surface area contributed by atoms with Gasteiger partial charge in [0.25, 0.3) is 0 Å². The van der Waals surface area contributed by atoms with Crippen molar-refractivity contribution in [1.29, 1.82) is 0 Å². The maximum Gasteiger partial charge on any atom is 0.0942 e. The first-order chi connectivity index (χ1) is 10.4. The summed E-state index contributed by atoms with van der Waals surface area (Å²) in [6, 6.07) is 8.75. The summed E-state index contributed by atoms with van der Waals surface area (Å²) in [5, 5.41) is 6.66. The van der Waals surface area contributed by atoms with Crippen LogP contribution < -0.4 is 5.32 Å². The zero-order valence-electron chi connectivity index (χ0n) is 12.1. The fourth-order valence-corrected chi connectivity index (χ4v) is 3.06. The number of ether oxygens (including phenoxy) is 1. The molecule has 1 fully saturated rings. The Balaban J connectivity index is 1.44. The molecule has 5 heteroatoms. The van der Waals surface area contributed by atoms with Crippen LogP contribution >= 0.6 is 11.3 Å². The second-order valence-electron chi connectivity index (χ2n) is 5.19. The quantitative estimate of drug-likeness (QED) is 0.890. The topological polar surface area (TPSA) is 37.4 Å². The predicted molar refractivity (Wildman–Crippen MR) is 86.8 cm³/mol. The van der Waals surface area contributed by atoms with Crippen LogP contribution in [0, 0.1) is 0 Å². The van der Waals surface area contributed by atoms with Crippen molar-refractivity contribution in [2.75, 3.05) is 38.2 Å². The van der Waals surface area contributed by atoms with Gasteiger partial charge in [0.1, 0.15) is 0 Å². The zero-order chi connectivity index (χ0) is 14.3. The SMILES string of the molecule is c1csc(CCNc2ccc(CN3CCOCC3)cc2)n1. The molecule has 2 heterocycles. The van der Waals surface area contributed by atoms with Crippen molar-refractivity contribution in [3.05, 3.63) is 46.4 Å². The third kappa shape index (κ3) is 4.52. The second-order valence-corrected chi connectivity index (χ2v) is 6.17. The summed E-state index contributed by atoms with van der Waals surface area (Å²) < 4.78 is 5.38. The molecule has 3 rings (SSSR count). The highest BCUT2D eigenvalue weighted by molar-refractivity contribution is 7.09. The highest BCUT2D eigenvalue weighted by atomic mass is 32.1. The van der Waals surface area contributed by atoms with Gasteiger partial charge in [0.05, 0.1) is 18.2 Å². The van der Waals surface area contributed by atoms with Gasteiger partial charge < -0.3 is 10.1 Å². The third-order valence-corrected chi connectivity index (χ3v) is 4.45. The molecule has 1 saturated heterocycles. The second kappa shape index (κ2) is 7.54. The van der Waals surface area contributed by atoms with E-state index in [1.807, 2.05) is 11.6 Å². The number of hydrogen-bond donors (Lipinski definition) is 1. The van der Waals surface area contributed by atoms with Gasteiger partial charge in [-0.1, -0.05) is 12.1 Å². The zero-order valence-corrected chi connectivity index (χ0v) is 12.9. The minimum Gasteiger partial charge on any atom is -0.385 e. The third-order valence-electron chi connectivity index (χ3n) is 3.62. The molecule has 0 atom stereocenters. The Morgan fingerprint density at radius 2 is 2.00 bits per heavy atom. The number of aromatic nitrogens is 1. The molecule has 1 N–H and O–H groups in total. The molecule has 21 heavy (non-hydrogen) atoms. The molecule has 0 saturated carbocycles. The van der Waals surface area contributed by atoms with Crippen LogP contribution in [0.4, 0.5) is 5.69 Å². The molecule has 0 spiro atoms. The summed E-state index contributed by atoms with van der Waals surface area (Å²) in [5.41, 5.74) is 2.54. The summed E-state index contributed by atoms with van der Waals surface area (Å²) in [5.74, 6) is 0. The van der Waals surface area contributed by atoms with Crippen LogP contribution in [0.5, 0.6) is 0 Å². The average Bonchev–Trinajstić information content (AvgIpc) is 3.03. The number of hydrogen-bond acceptors (Lipinski definition) is 5.